The molecular weight excluding hydrogens is 267 g/mol. The van der Waals surface area contributed by atoms with E-state index in [1.165, 1.54) is 6.07 Å². The number of fused-ring (bicyclic) bond motifs is 1. The number of pyridine rings is 1. The maximum atomic E-state index is 13.1. The maximum Gasteiger partial charge on any atom is 0.154 e. The highest BCUT2D eigenvalue weighted by atomic mass is 19.1. The van der Waals surface area contributed by atoms with E-state index in [2.05, 4.69) is 15.3 Å². The standard InChI is InChI=1S/C16H17FN4/c1-11-9-13(17)4-3-12(11)5-7-18-16-15-14(6-8-19-16)21(2)10-20-15/h3-4,6,8-10H,5,7H2,1-2H3,(H,18,19). The Balaban J connectivity index is 1.72. The molecule has 0 aliphatic heterocycles. The Kier molecular flexibility index (Phi) is 3.56. The maximum absolute atomic E-state index is 13.1. The minimum atomic E-state index is -0.191. The minimum Gasteiger partial charge on any atom is -0.368 e. The molecule has 1 aromatic carbocycles. The van der Waals surface area contributed by atoms with Gasteiger partial charge >= 0.3 is 0 Å². The van der Waals surface area contributed by atoms with Crippen molar-refractivity contribution in [3.05, 3.63) is 53.7 Å². The first-order valence-corrected chi connectivity index (χ1v) is 6.90. The van der Waals surface area contributed by atoms with Crippen molar-refractivity contribution in [3.63, 3.8) is 0 Å². The Hall–Kier alpha value is -2.43. The molecule has 0 saturated heterocycles. The average molecular weight is 284 g/mol. The highest BCUT2D eigenvalue weighted by Crippen LogP contribution is 2.18. The molecular formula is C16H17FN4. The Bertz CT molecular complexity index is 779. The zero-order valence-corrected chi connectivity index (χ0v) is 12.1. The number of aromatic nitrogens is 3. The summed E-state index contributed by atoms with van der Waals surface area (Å²) in [5.41, 5.74) is 4.03. The van der Waals surface area contributed by atoms with Gasteiger partial charge in [0, 0.05) is 19.8 Å². The van der Waals surface area contributed by atoms with Gasteiger partial charge in [0.15, 0.2) is 5.82 Å². The highest BCUT2D eigenvalue weighted by Gasteiger charge is 2.06. The van der Waals surface area contributed by atoms with Crippen LogP contribution in [0.25, 0.3) is 11.0 Å². The molecule has 0 amide bonds. The van der Waals surface area contributed by atoms with E-state index in [1.807, 2.05) is 30.7 Å². The zero-order chi connectivity index (χ0) is 14.8. The number of halogens is 1. The lowest BCUT2D eigenvalue weighted by molar-refractivity contribution is 0.625. The van der Waals surface area contributed by atoms with Crippen molar-refractivity contribution in [2.45, 2.75) is 13.3 Å². The molecule has 5 heteroatoms. The molecule has 0 aliphatic carbocycles. The lowest BCUT2D eigenvalue weighted by Gasteiger charge is -2.08. The SMILES string of the molecule is Cc1cc(F)ccc1CCNc1nccc2c1ncn2C. The largest absolute Gasteiger partial charge is 0.368 e. The third kappa shape index (κ3) is 2.72. The molecule has 3 aromatic rings. The van der Waals surface area contributed by atoms with Gasteiger partial charge in [-0.25, -0.2) is 14.4 Å². The second-order valence-electron chi connectivity index (χ2n) is 5.13. The monoisotopic (exact) mass is 284 g/mol. The summed E-state index contributed by atoms with van der Waals surface area (Å²) < 4.78 is 15.0. The van der Waals surface area contributed by atoms with Gasteiger partial charge in [-0.1, -0.05) is 6.07 Å². The summed E-state index contributed by atoms with van der Waals surface area (Å²) in [6.07, 6.45) is 4.37. The molecule has 0 spiro atoms. The van der Waals surface area contributed by atoms with Gasteiger partial charge in [-0.3, -0.25) is 0 Å². The molecule has 2 heterocycles. The minimum absolute atomic E-state index is 0.191. The van der Waals surface area contributed by atoms with E-state index in [-0.39, 0.29) is 5.82 Å². The predicted molar refractivity (Wildman–Crippen MR) is 81.8 cm³/mol. The third-order valence-corrected chi connectivity index (χ3v) is 3.63. The Labute approximate surface area is 122 Å². The summed E-state index contributed by atoms with van der Waals surface area (Å²) in [6, 6.07) is 6.84. The van der Waals surface area contributed by atoms with Crippen molar-refractivity contribution in [3.8, 4) is 0 Å². The fraction of sp³-hybridized carbons (Fsp3) is 0.250. The number of imidazole rings is 1. The van der Waals surface area contributed by atoms with Crippen LogP contribution in [-0.4, -0.2) is 21.1 Å². The van der Waals surface area contributed by atoms with Crippen LogP contribution in [0.5, 0.6) is 0 Å². The van der Waals surface area contributed by atoms with Crippen LogP contribution in [-0.2, 0) is 13.5 Å². The summed E-state index contributed by atoms with van der Waals surface area (Å²) in [5, 5.41) is 3.31. The Morgan fingerprint density at radius 2 is 2.10 bits per heavy atom. The molecule has 0 unspecified atom stereocenters. The summed E-state index contributed by atoms with van der Waals surface area (Å²) >= 11 is 0. The fourth-order valence-corrected chi connectivity index (χ4v) is 2.45. The van der Waals surface area contributed by atoms with Gasteiger partial charge in [0.25, 0.3) is 0 Å². The zero-order valence-electron chi connectivity index (χ0n) is 12.1. The van der Waals surface area contributed by atoms with Crippen LogP contribution in [0.15, 0.2) is 36.8 Å². The van der Waals surface area contributed by atoms with E-state index >= 15 is 0 Å². The Morgan fingerprint density at radius 1 is 1.24 bits per heavy atom. The van der Waals surface area contributed by atoms with Crippen LogP contribution < -0.4 is 5.32 Å². The van der Waals surface area contributed by atoms with Crippen molar-refractivity contribution in [2.24, 2.45) is 7.05 Å². The normalized spacial score (nSPS) is 11.0. The number of hydrogen-bond acceptors (Lipinski definition) is 3. The van der Waals surface area contributed by atoms with Gasteiger partial charge in [0.1, 0.15) is 11.3 Å². The van der Waals surface area contributed by atoms with Crippen LogP contribution in [0.4, 0.5) is 10.2 Å². The third-order valence-electron chi connectivity index (χ3n) is 3.63. The van der Waals surface area contributed by atoms with E-state index in [0.717, 1.165) is 40.9 Å². The fourth-order valence-electron chi connectivity index (χ4n) is 2.45. The van der Waals surface area contributed by atoms with Crippen molar-refractivity contribution in [1.82, 2.24) is 14.5 Å². The van der Waals surface area contributed by atoms with Crippen LogP contribution in [0.2, 0.25) is 0 Å². The van der Waals surface area contributed by atoms with Crippen LogP contribution in [0, 0.1) is 12.7 Å². The van der Waals surface area contributed by atoms with E-state index < -0.39 is 0 Å². The molecule has 4 nitrogen and oxygen atoms in total. The highest BCUT2D eigenvalue weighted by molar-refractivity contribution is 5.85. The number of rotatable bonds is 4. The van der Waals surface area contributed by atoms with Gasteiger partial charge in [0.05, 0.1) is 11.8 Å². The first-order valence-electron chi connectivity index (χ1n) is 6.90. The second-order valence-corrected chi connectivity index (χ2v) is 5.13. The molecule has 0 atom stereocenters. The number of anilines is 1. The van der Waals surface area contributed by atoms with Crippen LogP contribution >= 0.6 is 0 Å². The van der Waals surface area contributed by atoms with E-state index in [4.69, 9.17) is 0 Å². The molecule has 108 valence electrons. The smallest absolute Gasteiger partial charge is 0.154 e. The second kappa shape index (κ2) is 5.52. The van der Waals surface area contributed by atoms with Crippen molar-refractivity contribution < 1.29 is 4.39 Å². The van der Waals surface area contributed by atoms with Gasteiger partial charge in [-0.15, -0.1) is 0 Å². The van der Waals surface area contributed by atoms with Crippen molar-refractivity contribution in [2.75, 3.05) is 11.9 Å². The summed E-state index contributed by atoms with van der Waals surface area (Å²) in [5.74, 6) is 0.594. The van der Waals surface area contributed by atoms with Crippen LogP contribution in [0.3, 0.4) is 0 Å². The molecule has 0 saturated carbocycles. The molecule has 3 rings (SSSR count). The van der Waals surface area contributed by atoms with Crippen molar-refractivity contribution >= 4 is 16.9 Å². The average Bonchev–Trinajstić information content (AvgIpc) is 2.84. The number of hydrogen-bond donors (Lipinski definition) is 1. The van der Waals surface area contributed by atoms with Gasteiger partial charge in [0.2, 0.25) is 0 Å². The molecule has 21 heavy (non-hydrogen) atoms. The first kappa shape index (κ1) is 13.5. The molecule has 2 aromatic heterocycles. The van der Waals surface area contributed by atoms with E-state index in [9.17, 15) is 4.39 Å². The van der Waals surface area contributed by atoms with Crippen molar-refractivity contribution in [1.29, 1.82) is 0 Å². The first-order chi connectivity index (χ1) is 10.1. The van der Waals surface area contributed by atoms with Gasteiger partial charge in [-0.2, -0.15) is 0 Å². The topological polar surface area (TPSA) is 42.7 Å². The summed E-state index contributed by atoms with van der Waals surface area (Å²) in [6.45, 7) is 2.66. The summed E-state index contributed by atoms with van der Waals surface area (Å²) in [7, 11) is 1.96. The number of nitrogens with zero attached hydrogens (tertiary/aromatic N) is 3. The molecule has 0 aliphatic rings. The molecule has 0 radical (unpaired) electrons. The lowest BCUT2D eigenvalue weighted by atomic mass is 10.1. The molecule has 0 fully saturated rings. The van der Waals surface area contributed by atoms with Gasteiger partial charge in [-0.05, 0) is 42.7 Å². The lowest BCUT2D eigenvalue weighted by Crippen LogP contribution is -2.07. The number of aryl methyl sites for hydroxylation is 2. The van der Waals surface area contributed by atoms with E-state index in [0.29, 0.717) is 0 Å². The summed E-state index contributed by atoms with van der Waals surface area (Å²) in [4.78, 5) is 8.70. The molecule has 1 N–H and O–H groups in total. The van der Waals surface area contributed by atoms with Gasteiger partial charge < -0.3 is 9.88 Å². The van der Waals surface area contributed by atoms with E-state index in [1.54, 1.807) is 18.6 Å². The predicted octanol–water partition coefficient (Wildman–Crippen LogP) is 3.07. The quantitative estimate of drug-likeness (QED) is 0.800. The number of nitrogens with one attached hydrogen (secondary N) is 1. The molecule has 0 bridgehead atoms. The Morgan fingerprint density at radius 3 is 2.90 bits per heavy atom. The van der Waals surface area contributed by atoms with Crippen LogP contribution in [0.1, 0.15) is 11.1 Å². The number of benzene rings is 1.